The second kappa shape index (κ2) is 7.96. The van der Waals surface area contributed by atoms with Gasteiger partial charge < -0.3 is 4.42 Å². The van der Waals surface area contributed by atoms with E-state index in [0.717, 1.165) is 47.0 Å². The minimum Gasteiger partial charge on any atom is -0.414 e. The number of aryl methyl sites for hydroxylation is 1. The summed E-state index contributed by atoms with van der Waals surface area (Å²) in [5.41, 5.74) is 0.679. The van der Waals surface area contributed by atoms with Crippen molar-refractivity contribution in [2.24, 2.45) is 5.92 Å². The first-order valence-electron chi connectivity index (χ1n) is 9.66. The van der Waals surface area contributed by atoms with Gasteiger partial charge in [0.2, 0.25) is 5.91 Å². The number of carbonyl (C=O) groups excluding carboxylic acids is 1. The minimum absolute atomic E-state index is 0.131. The van der Waals surface area contributed by atoms with Crippen molar-refractivity contribution in [1.82, 2.24) is 0 Å². The molecule has 0 N–H and O–H groups in total. The monoisotopic (exact) mass is 449 g/mol. The summed E-state index contributed by atoms with van der Waals surface area (Å²) in [5.74, 6) is -1.47. The molecule has 1 aliphatic rings. The van der Waals surface area contributed by atoms with Gasteiger partial charge in [-0.2, -0.15) is 0 Å². The molecule has 0 radical (unpaired) electrons. The Morgan fingerprint density at radius 1 is 1.13 bits per heavy atom. The summed E-state index contributed by atoms with van der Waals surface area (Å²) in [6, 6.07) is 7.78. The van der Waals surface area contributed by atoms with E-state index in [2.05, 4.69) is 0 Å². The van der Waals surface area contributed by atoms with Crippen molar-refractivity contribution >= 4 is 43.2 Å². The molecule has 9 heteroatoms. The van der Waals surface area contributed by atoms with Crippen LogP contribution < -0.4 is 9.24 Å². The van der Waals surface area contributed by atoms with Crippen LogP contribution in [0.25, 0.3) is 10.3 Å². The fourth-order valence-electron chi connectivity index (χ4n) is 3.89. The lowest BCUT2D eigenvalue weighted by atomic mass is 9.88. The number of hydrogen-bond acceptors (Lipinski definition) is 6. The van der Waals surface area contributed by atoms with Gasteiger partial charge in [-0.1, -0.05) is 30.6 Å². The van der Waals surface area contributed by atoms with Crippen LogP contribution in [0.1, 0.15) is 37.7 Å². The van der Waals surface area contributed by atoms with Gasteiger partial charge in [0.15, 0.2) is 0 Å². The van der Waals surface area contributed by atoms with Crippen LogP contribution in [0.15, 0.2) is 50.5 Å². The van der Waals surface area contributed by atoms with Gasteiger partial charge in [0, 0.05) is 5.92 Å². The van der Waals surface area contributed by atoms with E-state index in [9.17, 15) is 22.4 Å². The fraction of sp³-hybridized carbons (Fsp3) is 0.333. The molecule has 0 spiro atoms. The van der Waals surface area contributed by atoms with Crippen molar-refractivity contribution in [3.63, 3.8) is 0 Å². The number of carbonyl (C=O) groups is 1. The number of sulfonamides is 1. The molecule has 1 aromatic heterocycles. The first-order chi connectivity index (χ1) is 14.3. The summed E-state index contributed by atoms with van der Waals surface area (Å²) in [7, 11) is -4.30. The highest BCUT2D eigenvalue weighted by molar-refractivity contribution is 7.93. The van der Waals surface area contributed by atoms with E-state index >= 15 is 0 Å². The van der Waals surface area contributed by atoms with Crippen molar-refractivity contribution in [2.45, 2.75) is 43.9 Å². The van der Waals surface area contributed by atoms with Crippen LogP contribution in [-0.4, -0.2) is 14.3 Å². The Morgan fingerprint density at radius 3 is 2.57 bits per heavy atom. The lowest BCUT2D eigenvalue weighted by Gasteiger charge is -2.29. The number of nitrogens with zero attached hydrogens (tertiary/aromatic N) is 1. The number of hydrogen-bond donors (Lipinski definition) is 0. The quantitative estimate of drug-likeness (QED) is 0.581. The van der Waals surface area contributed by atoms with Crippen LogP contribution in [0.2, 0.25) is 0 Å². The predicted molar refractivity (Wildman–Crippen MR) is 113 cm³/mol. The third kappa shape index (κ3) is 3.79. The maximum absolute atomic E-state index is 13.6. The molecule has 30 heavy (non-hydrogen) atoms. The van der Waals surface area contributed by atoms with E-state index in [4.69, 9.17) is 4.42 Å². The van der Waals surface area contributed by atoms with Gasteiger partial charge in [-0.3, -0.25) is 4.79 Å². The number of fused-ring (bicyclic) bond motifs is 1. The molecule has 1 fully saturated rings. The van der Waals surface area contributed by atoms with Gasteiger partial charge in [0.25, 0.3) is 10.0 Å². The Kier molecular flexibility index (Phi) is 5.50. The molecular weight excluding hydrogens is 429 g/mol. The molecule has 6 nitrogen and oxygen atoms in total. The topological polar surface area (TPSA) is 84.7 Å². The number of anilines is 1. The van der Waals surface area contributed by atoms with Gasteiger partial charge in [-0.15, -0.1) is 0 Å². The molecule has 0 atom stereocenters. The van der Waals surface area contributed by atoms with Crippen molar-refractivity contribution < 1.29 is 22.0 Å². The lowest BCUT2D eigenvalue weighted by molar-refractivity contribution is -0.122. The van der Waals surface area contributed by atoms with Crippen molar-refractivity contribution in [3.05, 3.63) is 57.5 Å². The van der Waals surface area contributed by atoms with E-state index in [0.29, 0.717) is 23.1 Å². The number of benzene rings is 2. The molecule has 1 amide bonds. The average Bonchev–Trinajstić information content (AvgIpc) is 3.07. The summed E-state index contributed by atoms with van der Waals surface area (Å²) < 4.78 is 47.1. The molecule has 1 saturated carbocycles. The molecule has 0 aliphatic heterocycles. The molecule has 0 saturated heterocycles. The molecule has 158 valence electrons. The molecule has 0 unspecified atom stereocenters. The Hall–Kier alpha value is -2.52. The standard InChI is InChI=1S/C21H20FNO5S2/c1-13-11-15(22)7-10-19(13)30(26,27)23(20(24)14-5-3-2-4-6-14)16-8-9-17-18(12-16)29-21(25)28-17/h7-12,14H,2-6H2,1H3. The highest BCUT2D eigenvalue weighted by Crippen LogP contribution is 2.34. The Morgan fingerprint density at radius 2 is 1.87 bits per heavy atom. The van der Waals surface area contributed by atoms with Crippen LogP contribution in [0, 0.1) is 18.7 Å². The number of rotatable bonds is 4. The summed E-state index contributed by atoms with van der Waals surface area (Å²) in [5, 5.41) is 0. The molecule has 3 aromatic rings. The van der Waals surface area contributed by atoms with Gasteiger partial charge in [-0.05, 0) is 61.7 Å². The van der Waals surface area contributed by atoms with Gasteiger partial charge in [0.05, 0.1) is 15.3 Å². The highest BCUT2D eigenvalue weighted by atomic mass is 32.2. The molecular formula is C21H20FNO5S2. The van der Waals surface area contributed by atoms with Crippen LogP contribution in [0.3, 0.4) is 0 Å². The molecule has 4 rings (SSSR count). The summed E-state index contributed by atoms with van der Waals surface area (Å²) in [6.45, 7) is 1.49. The van der Waals surface area contributed by atoms with Gasteiger partial charge in [-0.25, -0.2) is 21.9 Å². The summed E-state index contributed by atoms with van der Waals surface area (Å²) in [4.78, 5) is 24.4. The Bertz CT molecular complexity index is 1270. The first-order valence-corrected chi connectivity index (χ1v) is 11.9. The van der Waals surface area contributed by atoms with Crippen LogP contribution in [-0.2, 0) is 14.8 Å². The van der Waals surface area contributed by atoms with Crippen LogP contribution in [0.4, 0.5) is 10.1 Å². The maximum Gasteiger partial charge on any atom is 0.396 e. The highest BCUT2D eigenvalue weighted by Gasteiger charge is 2.37. The molecule has 1 aliphatic carbocycles. The molecule has 1 heterocycles. The lowest BCUT2D eigenvalue weighted by Crippen LogP contribution is -2.41. The smallest absolute Gasteiger partial charge is 0.396 e. The third-order valence-electron chi connectivity index (χ3n) is 5.36. The van der Waals surface area contributed by atoms with E-state index in [-0.39, 0.29) is 16.1 Å². The normalized spacial score (nSPS) is 15.4. The van der Waals surface area contributed by atoms with Crippen molar-refractivity contribution in [3.8, 4) is 0 Å². The number of amides is 1. The first kappa shape index (κ1) is 20.7. The Balaban J connectivity index is 1.87. The second-order valence-electron chi connectivity index (χ2n) is 7.44. The van der Waals surface area contributed by atoms with E-state index in [1.165, 1.54) is 31.2 Å². The molecule has 2 aromatic carbocycles. The largest absolute Gasteiger partial charge is 0.414 e. The summed E-state index contributed by atoms with van der Waals surface area (Å²) >= 11 is 0.838. The minimum atomic E-state index is -4.30. The fourth-order valence-corrected chi connectivity index (χ4v) is 6.27. The average molecular weight is 450 g/mol. The number of halogens is 1. The van der Waals surface area contributed by atoms with Crippen molar-refractivity contribution in [2.75, 3.05) is 4.31 Å². The zero-order chi connectivity index (χ0) is 21.5. The second-order valence-corrected chi connectivity index (χ2v) is 10.2. The van der Waals surface area contributed by atoms with Gasteiger partial charge >= 0.3 is 4.94 Å². The predicted octanol–water partition coefficient (Wildman–Crippen LogP) is 4.60. The molecule has 0 bridgehead atoms. The third-order valence-corrected chi connectivity index (χ3v) is 8.03. The van der Waals surface area contributed by atoms with Crippen molar-refractivity contribution in [1.29, 1.82) is 0 Å². The van der Waals surface area contributed by atoms with Crippen LogP contribution in [0.5, 0.6) is 0 Å². The van der Waals surface area contributed by atoms with Gasteiger partial charge in [0.1, 0.15) is 11.4 Å². The SMILES string of the molecule is Cc1cc(F)ccc1S(=O)(=O)N(C(=O)C1CCCCC1)c1ccc2oc(=O)sc2c1. The van der Waals surface area contributed by atoms with Crippen LogP contribution >= 0.6 is 11.3 Å². The zero-order valence-corrected chi connectivity index (χ0v) is 17.9. The Labute approximate surface area is 177 Å². The zero-order valence-electron chi connectivity index (χ0n) is 16.3. The van der Waals surface area contributed by atoms with E-state index in [1.807, 2.05) is 0 Å². The maximum atomic E-state index is 13.6. The summed E-state index contributed by atoms with van der Waals surface area (Å²) in [6.07, 6.45) is 3.98. The van der Waals surface area contributed by atoms with E-state index in [1.54, 1.807) is 0 Å². The van der Waals surface area contributed by atoms with E-state index < -0.39 is 32.6 Å².